The summed E-state index contributed by atoms with van der Waals surface area (Å²) >= 11 is 0. The van der Waals surface area contributed by atoms with Gasteiger partial charge in [0, 0.05) is 12.4 Å². The quantitative estimate of drug-likeness (QED) is 0.386. The summed E-state index contributed by atoms with van der Waals surface area (Å²) in [6.07, 6.45) is 2.93. The van der Waals surface area contributed by atoms with E-state index in [-0.39, 0.29) is 17.4 Å². The SMILES string of the molecule is CC(C)c1cccc(Oc2nccnc2C(N)=NO)c1. The molecule has 1 aromatic carbocycles. The fourth-order valence-corrected chi connectivity index (χ4v) is 1.67. The Morgan fingerprint density at radius 3 is 2.75 bits per heavy atom. The molecule has 0 aliphatic carbocycles. The second kappa shape index (κ2) is 6.01. The van der Waals surface area contributed by atoms with Crippen molar-refractivity contribution in [3.8, 4) is 11.6 Å². The average Bonchev–Trinajstić information content (AvgIpc) is 2.47. The first-order valence-corrected chi connectivity index (χ1v) is 6.18. The molecule has 0 amide bonds. The normalized spacial score (nSPS) is 11.7. The van der Waals surface area contributed by atoms with Crippen LogP contribution in [0, 0.1) is 0 Å². The van der Waals surface area contributed by atoms with Gasteiger partial charge in [0.1, 0.15) is 5.75 Å². The Labute approximate surface area is 116 Å². The predicted molar refractivity (Wildman–Crippen MR) is 75.1 cm³/mol. The first kappa shape index (κ1) is 13.8. The molecule has 2 aromatic rings. The van der Waals surface area contributed by atoms with Gasteiger partial charge in [0.05, 0.1) is 0 Å². The van der Waals surface area contributed by atoms with Gasteiger partial charge >= 0.3 is 0 Å². The Balaban J connectivity index is 2.33. The van der Waals surface area contributed by atoms with E-state index in [0.717, 1.165) is 5.56 Å². The predicted octanol–water partition coefficient (Wildman–Crippen LogP) is 2.49. The van der Waals surface area contributed by atoms with Gasteiger partial charge in [-0.15, -0.1) is 0 Å². The van der Waals surface area contributed by atoms with Crippen molar-refractivity contribution in [1.29, 1.82) is 0 Å². The molecular formula is C14H16N4O2. The van der Waals surface area contributed by atoms with Crippen LogP contribution in [0.25, 0.3) is 0 Å². The fourth-order valence-electron chi connectivity index (χ4n) is 1.67. The van der Waals surface area contributed by atoms with Crippen LogP contribution in [0.15, 0.2) is 41.8 Å². The van der Waals surface area contributed by atoms with E-state index in [0.29, 0.717) is 11.7 Å². The molecule has 6 nitrogen and oxygen atoms in total. The molecule has 2 rings (SSSR count). The van der Waals surface area contributed by atoms with Crippen LogP contribution in [0.1, 0.15) is 31.0 Å². The molecule has 6 heteroatoms. The largest absolute Gasteiger partial charge is 0.437 e. The standard InChI is InChI=1S/C14H16N4O2/c1-9(2)10-4-3-5-11(8-10)20-14-12(13(15)18-19)16-6-7-17-14/h3-9,19H,1-2H3,(H2,15,18). The highest BCUT2D eigenvalue weighted by Gasteiger charge is 2.12. The van der Waals surface area contributed by atoms with Crippen LogP contribution in [0.2, 0.25) is 0 Å². The van der Waals surface area contributed by atoms with Crippen molar-refractivity contribution in [3.05, 3.63) is 47.9 Å². The van der Waals surface area contributed by atoms with E-state index in [1.165, 1.54) is 12.4 Å². The zero-order chi connectivity index (χ0) is 14.5. The Bertz CT molecular complexity index is 626. The molecule has 0 aliphatic rings. The van der Waals surface area contributed by atoms with E-state index in [9.17, 15) is 0 Å². The van der Waals surface area contributed by atoms with Crippen LogP contribution >= 0.6 is 0 Å². The van der Waals surface area contributed by atoms with Crippen molar-refractivity contribution in [1.82, 2.24) is 9.97 Å². The third kappa shape index (κ3) is 3.03. The van der Waals surface area contributed by atoms with Crippen LogP contribution < -0.4 is 10.5 Å². The highest BCUT2D eigenvalue weighted by atomic mass is 16.5. The summed E-state index contributed by atoms with van der Waals surface area (Å²) in [5, 5.41) is 11.7. The first-order valence-electron chi connectivity index (χ1n) is 6.18. The molecule has 0 unspecified atom stereocenters. The third-order valence-corrected chi connectivity index (χ3v) is 2.75. The van der Waals surface area contributed by atoms with E-state index >= 15 is 0 Å². The lowest BCUT2D eigenvalue weighted by Gasteiger charge is -2.10. The summed E-state index contributed by atoms with van der Waals surface area (Å²) in [6, 6.07) is 7.68. The maximum Gasteiger partial charge on any atom is 0.249 e. The van der Waals surface area contributed by atoms with Crippen LogP contribution in [-0.2, 0) is 0 Å². The molecule has 0 fully saturated rings. The Morgan fingerprint density at radius 2 is 2.05 bits per heavy atom. The number of ether oxygens (including phenoxy) is 1. The molecular weight excluding hydrogens is 256 g/mol. The van der Waals surface area contributed by atoms with E-state index in [1.54, 1.807) is 0 Å². The van der Waals surface area contributed by atoms with E-state index < -0.39 is 0 Å². The average molecular weight is 272 g/mol. The molecule has 104 valence electrons. The van der Waals surface area contributed by atoms with Crippen molar-refractivity contribution in [2.75, 3.05) is 0 Å². The van der Waals surface area contributed by atoms with Crippen molar-refractivity contribution in [3.63, 3.8) is 0 Å². The van der Waals surface area contributed by atoms with Gasteiger partial charge in [-0.3, -0.25) is 0 Å². The summed E-state index contributed by atoms with van der Waals surface area (Å²) in [7, 11) is 0. The number of hydrogen-bond acceptors (Lipinski definition) is 5. The molecule has 3 N–H and O–H groups in total. The van der Waals surface area contributed by atoms with Gasteiger partial charge in [0.15, 0.2) is 11.5 Å². The number of nitrogens with zero attached hydrogens (tertiary/aromatic N) is 3. The Kier molecular flexibility index (Phi) is 4.14. The van der Waals surface area contributed by atoms with Gasteiger partial charge in [0.2, 0.25) is 5.88 Å². The summed E-state index contributed by atoms with van der Waals surface area (Å²) in [5.41, 5.74) is 6.89. The van der Waals surface area contributed by atoms with Crippen molar-refractivity contribution in [2.24, 2.45) is 10.9 Å². The van der Waals surface area contributed by atoms with Gasteiger partial charge in [-0.25, -0.2) is 9.97 Å². The van der Waals surface area contributed by atoms with Gasteiger partial charge in [-0.2, -0.15) is 0 Å². The van der Waals surface area contributed by atoms with Gasteiger partial charge in [0.25, 0.3) is 0 Å². The van der Waals surface area contributed by atoms with E-state index in [2.05, 4.69) is 29.0 Å². The van der Waals surface area contributed by atoms with Crippen LogP contribution in [-0.4, -0.2) is 21.0 Å². The molecule has 0 saturated carbocycles. The maximum atomic E-state index is 8.74. The highest BCUT2D eigenvalue weighted by molar-refractivity contribution is 5.97. The van der Waals surface area contributed by atoms with E-state index in [4.69, 9.17) is 15.7 Å². The van der Waals surface area contributed by atoms with Crippen molar-refractivity contribution in [2.45, 2.75) is 19.8 Å². The number of benzene rings is 1. The zero-order valence-corrected chi connectivity index (χ0v) is 11.3. The molecule has 1 heterocycles. The van der Waals surface area contributed by atoms with Crippen LogP contribution in [0.5, 0.6) is 11.6 Å². The molecule has 0 spiro atoms. The minimum absolute atomic E-state index is 0.145. The molecule has 0 saturated heterocycles. The second-order valence-corrected chi connectivity index (χ2v) is 4.52. The fraction of sp³-hybridized carbons (Fsp3) is 0.214. The number of amidine groups is 1. The molecule has 0 atom stereocenters. The van der Waals surface area contributed by atoms with E-state index in [1.807, 2.05) is 24.3 Å². The molecule has 20 heavy (non-hydrogen) atoms. The topological polar surface area (TPSA) is 93.6 Å². The molecule has 0 bridgehead atoms. The minimum atomic E-state index is -0.145. The van der Waals surface area contributed by atoms with Crippen LogP contribution in [0.4, 0.5) is 0 Å². The van der Waals surface area contributed by atoms with Crippen LogP contribution in [0.3, 0.4) is 0 Å². The number of hydrogen-bond donors (Lipinski definition) is 2. The molecule has 1 aromatic heterocycles. The lowest BCUT2D eigenvalue weighted by molar-refractivity contribution is 0.318. The number of rotatable bonds is 4. The molecule has 0 aliphatic heterocycles. The maximum absolute atomic E-state index is 8.74. The smallest absolute Gasteiger partial charge is 0.249 e. The van der Waals surface area contributed by atoms with Gasteiger partial charge < -0.3 is 15.7 Å². The zero-order valence-electron chi connectivity index (χ0n) is 11.3. The third-order valence-electron chi connectivity index (χ3n) is 2.75. The monoisotopic (exact) mass is 272 g/mol. The number of oxime groups is 1. The number of aromatic nitrogens is 2. The van der Waals surface area contributed by atoms with Crippen molar-refractivity contribution >= 4 is 5.84 Å². The summed E-state index contributed by atoms with van der Waals surface area (Å²) in [6.45, 7) is 4.20. The first-order chi connectivity index (χ1) is 9.61. The van der Waals surface area contributed by atoms with Gasteiger partial charge in [-0.05, 0) is 23.6 Å². The lowest BCUT2D eigenvalue weighted by Crippen LogP contribution is -2.16. The minimum Gasteiger partial charge on any atom is -0.437 e. The summed E-state index contributed by atoms with van der Waals surface area (Å²) in [5.74, 6) is 1.07. The number of nitrogens with two attached hydrogens (primary N) is 1. The Morgan fingerprint density at radius 1 is 1.30 bits per heavy atom. The Hall–Kier alpha value is -2.63. The molecule has 0 radical (unpaired) electrons. The lowest BCUT2D eigenvalue weighted by atomic mass is 10.0. The van der Waals surface area contributed by atoms with Gasteiger partial charge in [-0.1, -0.05) is 31.1 Å². The summed E-state index contributed by atoms with van der Waals surface area (Å²) < 4.78 is 5.68. The second-order valence-electron chi connectivity index (χ2n) is 4.52. The summed E-state index contributed by atoms with van der Waals surface area (Å²) in [4.78, 5) is 8.06. The van der Waals surface area contributed by atoms with Crippen molar-refractivity contribution < 1.29 is 9.94 Å². The highest BCUT2D eigenvalue weighted by Crippen LogP contribution is 2.25.